The molecule has 2 unspecified atom stereocenters. The van der Waals surface area contributed by atoms with Crippen molar-refractivity contribution in [1.82, 2.24) is 10.2 Å². The highest BCUT2D eigenvalue weighted by atomic mass is 32.2. The molecule has 2 aliphatic rings. The molecule has 0 bridgehead atoms. The Bertz CT molecular complexity index is 1390. The Morgan fingerprint density at radius 3 is 2.13 bits per heavy atom. The maximum atomic E-state index is 13.7. The summed E-state index contributed by atoms with van der Waals surface area (Å²) in [5, 5.41) is 2.45. The Kier molecular flexibility index (Phi) is 7.62. The summed E-state index contributed by atoms with van der Waals surface area (Å²) in [5.74, 6) is 5.07. The fraction of sp³-hybridized carbons (Fsp3) is 0.194. The number of carbonyl (C=O) groups is 3. The van der Waals surface area contributed by atoms with E-state index in [2.05, 4.69) is 17.2 Å². The van der Waals surface area contributed by atoms with Crippen molar-refractivity contribution in [3.8, 4) is 11.8 Å². The predicted octanol–water partition coefficient (Wildman–Crippen LogP) is 4.24. The van der Waals surface area contributed by atoms with E-state index in [1.807, 2.05) is 91.0 Å². The Morgan fingerprint density at radius 1 is 0.974 bits per heavy atom. The molecule has 2 amide bonds. The van der Waals surface area contributed by atoms with Gasteiger partial charge in [0.1, 0.15) is 17.1 Å². The first-order valence-electron chi connectivity index (χ1n) is 12.3. The number of carbonyl (C=O) groups excluding carboxylic acids is 3. The van der Waals surface area contributed by atoms with E-state index < -0.39 is 23.5 Å². The molecule has 2 heterocycles. The van der Waals surface area contributed by atoms with Crippen LogP contribution in [0.2, 0.25) is 0 Å². The summed E-state index contributed by atoms with van der Waals surface area (Å²) in [4.78, 5) is 41.1. The van der Waals surface area contributed by atoms with Gasteiger partial charge in [-0.1, -0.05) is 96.9 Å². The number of thioether (sulfide) groups is 1. The summed E-state index contributed by atoms with van der Waals surface area (Å²) in [6, 6.07) is 27.6. The number of fused-ring (bicyclic) bond motifs is 1. The first-order valence-corrected chi connectivity index (χ1v) is 13.4. The fourth-order valence-corrected chi connectivity index (χ4v) is 5.89. The molecule has 1 fully saturated rings. The van der Waals surface area contributed by atoms with Crippen molar-refractivity contribution in [2.45, 2.75) is 30.9 Å². The van der Waals surface area contributed by atoms with Gasteiger partial charge in [-0.05, 0) is 23.6 Å². The average molecular weight is 523 g/mol. The van der Waals surface area contributed by atoms with E-state index in [0.29, 0.717) is 11.3 Å². The first-order chi connectivity index (χ1) is 18.6. The number of nitrogens with one attached hydrogen (secondary N) is 1. The smallest absolute Gasteiger partial charge is 0.357 e. The highest BCUT2D eigenvalue weighted by molar-refractivity contribution is 8.00. The van der Waals surface area contributed by atoms with Crippen LogP contribution in [-0.2, 0) is 25.5 Å². The lowest BCUT2D eigenvalue weighted by atomic mass is 10.0. The van der Waals surface area contributed by atoms with Crippen LogP contribution in [0.5, 0.6) is 0 Å². The Balaban J connectivity index is 1.38. The third-order valence-electron chi connectivity index (χ3n) is 6.39. The lowest BCUT2D eigenvalue weighted by Gasteiger charge is -2.49. The van der Waals surface area contributed by atoms with Crippen LogP contribution < -0.4 is 5.32 Å². The van der Waals surface area contributed by atoms with Gasteiger partial charge in [-0.25, -0.2) is 4.79 Å². The number of esters is 1. The minimum absolute atomic E-state index is 0.151. The van der Waals surface area contributed by atoms with Gasteiger partial charge in [0.15, 0.2) is 6.10 Å². The molecule has 2 aliphatic heterocycles. The molecule has 7 heteroatoms. The van der Waals surface area contributed by atoms with Crippen LogP contribution in [0.25, 0.3) is 0 Å². The summed E-state index contributed by atoms with van der Waals surface area (Å²) in [6.07, 6.45) is -0.478. The van der Waals surface area contributed by atoms with E-state index in [4.69, 9.17) is 4.74 Å². The highest BCUT2D eigenvalue weighted by Crippen LogP contribution is 2.41. The largest absolute Gasteiger partial charge is 0.448 e. The third-order valence-corrected chi connectivity index (χ3v) is 7.67. The van der Waals surface area contributed by atoms with Crippen molar-refractivity contribution in [1.29, 1.82) is 0 Å². The molecule has 0 aromatic heterocycles. The molecule has 0 radical (unpaired) electrons. The summed E-state index contributed by atoms with van der Waals surface area (Å²) in [5.41, 5.74) is 3.19. The Hall–Kier alpha value is -4.28. The predicted molar refractivity (Wildman–Crippen MR) is 146 cm³/mol. The highest BCUT2D eigenvalue weighted by Gasteiger charge is 2.54. The van der Waals surface area contributed by atoms with E-state index in [-0.39, 0.29) is 23.9 Å². The number of ether oxygens (including phenoxy) is 1. The fourth-order valence-electron chi connectivity index (χ4n) is 4.61. The molecule has 0 saturated carbocycles. The quantitative estimate of drug-likeness (QED) is 0.285. The van der Waals surface area contributed by atoms with E-state index in [1.54, 1.807) is 6.92 Å². The molecular formula is C31H26N2O4S. The van der Waals surface area contributed by atoms with Gasteiger partial charge in [0.05, 0.1) is 6.42 Å². The van der Waals surface area contributed by atoms with Crippen LogP contribution in [0.15, 0.2) is 102 Å². The maximum Gasteiger partial charge on any atom is 0.357 e. The zero-order valence-electron chi connectivity index (χ0n) is 20.8. The van der Waals surface area contributed by atoms with Crippen molar-refractivity contribution in [2.75, 3.05) is 5.75 Å². The first kappa shape index (κ1) is 25.4. The average Bonchev–Trinajstić information content (AvgIpc) is 2.96. The van der Waals surface area contributed by atoms with Crippen LogP contribution in [0.3, 0.4) is 0 Å². The van der Waals surface area contributed by atoms with Gasteiger partial charge in [0.25, 0.3) is 5.91 Å². The molecule has 1 N–H and O–H groups in total. The van der Waals surface area contributed by atoms with Crippen LogP contribution in [0.1, 0.15) is 29.7 Å². The zero-order valence-corrected chi connectivity index (χ0v) is 21.6. The van der Waals surface area contributed by atoms with Gasteiger partial charge in [-0.2, -0.15) is 0 Å². The van der Waals surface area contributed by atoms with E-state index in [0.717, 1.165) is 16.7 Å². The third kappa shape index (κ3) is 5.22. The van der Waals surface area contributed by atoms with Gasteiger partial charge in [-0.15, -0.1) is 17.7 Å². The van der Waals surface area contributed by atoms with Crippen LogP contribution in [0.4, 0.5) is 0 Å². The summed E-state index contributed by atoms with van der Waals surface area (Å²) in [7, 11) is 0. The second kappa shape index (κ2) is 11.4. The number of rotatable bonds is 7. The standard InChI is InChI=1S/C31H26N2O4S/c1-2-12-24-20-38-30-26(32-25(34)19-21-13-6-3-7-14-21)29(35)33(30)27(24)31(36)37-28(22-15-8-4-9-16-22)23-17-10-5-11-18-23/h3-11,13-18,26,28,30H,19-20H2,1H3,(H,32,34). The molecule has 3 aromatic carbocycles. The van der Waals surface area contributed by atoms with Gasteiger partial charge in [0.2, 0.25) is 5.91 Å². The minimum atomic E-state index is -0.714. The van der Waals surface area contributed by atoms with E-state index in [9.17, 15) is 14.4 Å². The van der Waals surface area contributed by atoms with Crippen molar-refractivity contribution in [3.05, 3.63) is 119 Å². The summed E-state index contributed by atoms with van der Waals surface area (Å²) < 4.78 is 6.08. The SMILES string of the molecule is CC#CC1=C(C(=O)OC(c2ccccc2)c2ccccc2)N2C(=O)C(NC(=O)Cc3ccccc3)C2SC1. The van der Waals surface area contributed by atoms with Crippen LogP contribution in [0, 0.1) is 11.8 Å². The van der Waals surface area contributed by atoms with Gasteiger partial charge in [0, 0.05) is 11.3 Å². The number of hydrogen-bond donors (Lipinski definition) is 1. The number of β-lactam (4-membered cyclic amide) rings is 1. The van der Waals surface area contributed by atoms with E-state index in [1.165, 1.54) is 16.7 Å². The van der Waals surface area contributed by atoms with Crippen molar-refractivity contribution >= 4 is 29.5 Å². The van der Waals surface area contributed by atoms with Crippen molar-refractivity contribution in [2.24, 2.45) is 0 Å². The molecule has 190 valence electrons. The number of hydrogen-bond acceptors (Lipinski definition) is 5. The molecule has 1 saturated heterocycles. The second-order valence-corrected chi connectivity index (χ2v) is 10.0. The van der Waals surface area contributed by atoms with E-state index >= 15 is 0 Å². The number of amides is 2. The zero-order chi connectivity index (χ0) is 26.5. The Morgan fingerprint density at radius 2 is 1.55 bits per heavy atom. The molecular weight excluding hydrogens is 496 g/mol. The van der Waals surface area contributed by atoms with Crippen LogP contribution >= 0.6 is 11.8 Å². The minimum Gasteiger partial charge on any atom is -0.448 e. The molecule has 38 heavy (non-hydrogen) atoms. The topological polar surface area (TPSA) is 75.7 Å². The van der Waals surface area contributed by atoms with Gasteiger partial charge >= 0.3 is 5.97 Å². The van der Waals surface area contributed by atoms with Crippen LogP contribution in [-0.4, -0.2) is 39.9 Å². The summed E-state index contributed by atoms with van der Waals surface area (Å²) >= 11 is 1.48. The Labute approximate surface area is 226 Å². The van der Waals surface area contributed by atoms with Crippen molar-refractivity contribution in [3.63, 3.8) is 0 Å². The molecule has 0 aliphatic carbocycles. The van der Waals surface area contributed by atoms with Gasteiger partial charge < -0.3 is 10.1 Å². The maximum absolute atomic E-state index is 13.7. The lowest BCUT2D eigenvalue weighted by Crippen LogP contribution is -2.70. The molecule has 2 atom stereocenters. The van der Waals surface area contributed by atoms with Gasteiger partial charge in [-0.3, -0.25) is 14.5 Å². The second-order valence-electron chi connectivity index (χ2n) is 8.93. The lowest BCUT2D eigenvalue weighted by molar-refractivity contribution is -0.154. The molecule has 6 nitrogen and oxygen atoms in total. The molecule has 5 rings (SSSR count). The number of nitrogens with zero attached hydrogens (tertiary/aromatic N) is 1. The summed E-state index contributed by atoms with van der Waals surface area (Å²) in [6.45, 7) is 1.69. The normalized spacial score (nSPS) is 18.2. The monoisotopic (exact) mass is 522 g/mol. The van der Waals surface area contributed by atoms with Crippen molar-refractivity contribution < 1.29 is 19.1 Å². The molecule has 3 aromatic rings. The molecule has 0 spiro atoms. The number of benzene rings is 3.